The molecule has 0 radical (unpaired) electrons. The molecule has 0 saturated heterocycles. The van der Waals surface area contributed by atoms with Crippen molar-refractivity contribution < 1.29 is 0 Å². The van der Waals surface area contributed by atoms with E-state index >= 15 is 0 Å². The van der Waals surface area contributed by atoms with Crippen molar-refractivity contribution in [2.75, 3.05) is 0 Å². The van der Waals surface area contributed by atoms with Crippen LogP contribution in [0.4, 0.5) is 0 Å². The van der Waals surface area contributed by atoms with Gasteiger partial charge in [-0.3, -0.25) is 9.97 Å². The van der Waals surface area contributed by atoms with E-state index < -0.39 is 0 Å². The fourth-order valence-electron chi connectivity index (χ4n) is 2.01. The fraction of sp³-hybridized carbons (Fsp3) is 0.250. The van der Waals surface area contributed by atoms with Crippen molar-refractivity contribution in [2.45, 2.75) is 27.7 Å². The predicted molar refractivity (Wildman–Crippen MR) is 77.9 cm³/mol. The molecule has 0 bridgehead atoms. The minimum Gasteiger partial charge on any atom is -0.254 e. The van der Waals surface area contributed by atoms with E-state index in [2.05, 4.69) is 48.1 Å². The molecule has 0 unspecified atom stereocenters. The molecule has 0 fully saturated rings. The second-order valence-electron chi connectivity index (χ2n) is 4.23. The second-order valence-corrected chi connectivity index (χ2v) is 4.23. The number of fused-ring (bicyclic) bond motifs is 3. The zero-order valence-electron chi connectivity index (χ0n) is 11.4. The van der Waals surface area contributed by atoms with Crippen LogP contribution in [0.1, 0.15) is 25.0 Å². The van der Waals surface area contributed by atoms with E-state index in [9.17, 15) is 0 Å². The molecule has 3 aromatic rings. The van der Waals surface area contributed by atoms with Gasteiger partial charge in [-0.1, -0.05) is 26.0 Å². The van der Waals surface area contributed by atoms with E-state index in [0.717, 1.165) is 21.8 Å². The minimum atomic E-state index is 0.989. The molecule has 2 heteroatoms. The third-order valence-electron chi connectivity index (χ3n) is 2.77. The topological polar surface area (TPSA) is 25.8 Å². The van der Waals surface area contributed by atoms with E-state index in [-0.39, 0.29) is 0 Å². The van der Waals surface area contributed by atoms with E-state index in [1.54, 1.807) is 0 Å². The van der Waals surface area contributed by atoms with Crippen molar-refractivity contribution >= 4 is 21.8 Å². The molecular weight excluding hydrogens is 220 g/mol. The number of benzene rings is 1. The first-order chi connectivity index (χ1) is 8.74. The zero-order chi connectivity index (χ0) is 13.1. The van der Waals surface area contributed by atoms with Crippen molar-refractivity contribution in [2.24, 2.45) is 0 Å². The Labute approximate surface area is 108 Å². The van der Waals surface area contributed by atoms with Gasteiger partial charge in [-0.15, -0.1) is 0 Å². The number of aromatic nitrogens is 2. The van der Waals surface area contributed by atoms with Crippen LogP contribution in [0.15, 0.2) is 36.7 Å². The maximum Gasteiger partial charge on any atom is 0.0964 e. The van der Waals surface area contributed by atoms with Crippen molar-refractivity contribution in [3.05, 3.63) is 47.8 Å². The molecular formula is C16H18N2. The van der Waals surface area contributed by atoms with Crippen molar-refractivity contribution in [3.8, 4) is 0 Å². The number of pyridine rings is 2. The quantitative estimate of drug-likeness (QED) is 0.541. The average Bonchev–Trinajstić information content (AvgIpc) is 2.40. The van der Waals surface area contributed by atoms with Crippen LogP contribution in [0, 0.1) is 13.8 Å². The van der Waals surface area contributed by atoms with Gasteiger partial charge in [-0.05, 0) is 37.1 Å². The molecule has 0 atom stereocenters. The molecule has 3 rings (SSSR count). The molecule has 92 valence electrons. The SMILES string of the molecule is CC.Cc1cnc2c(ccc3cc(C)cnc32)c1. The highest BCUT2D eigenvalue weighted by Gasteiger charge is 2.03. The monoisotopic (exact) mass is 238 g/mol. The van der Waals surface area contributed by atoms with Gasteiger partial charge in [-0.2, -0.15) is 0 Å². The summed E-state index contributed by atoms with van der Waals surface area (Å²) in [7, 11) is 0. The number of aryl methyl sites for hydroxylation is 2. The number of rotatable bonds is 0. The standard InChI is InChI=1S/C14H12N2.C2H6/c1-9-5-11-3-4-12-6-10(2)8-16-14(12)13(11)15-7-9;1-2/h3-8H,1-2H3;1-2H3. The summed E-state index contributed by atoms with van der Waals surface area (Å²) in [6.07, 6.45) is 3.78. The van der Waals surface area contributed by atoms with Crippen LogP contribution in [0.25, 0.3) is 21.8 Å². The highest BCUT2D eigenvalue weighted by Crippen LogP contribution is 2.22. The molecule has 0 saturated carbocycles. The third-order valence-corrected chi connectivity index (χ3v) is 2.77. The van der Waals surface area contributed by atoms with Crippen LogP contribution in [0.5, 0.6) is 0 Å². The average molecular weight is 238 g/mol. The van der Waals surface area contributed by atoms with Gasteiger partial charge in [0.2, 0.25) is 0 Å². The minimum absolute atomic E-state index is 0.989. The van der Waals surface area contributed by atoms with E-state index in [1.807, 2.05) is 26.2 Å². The Balaban J connectivity index is 0.000000574. The molecule has 2 heterocycles. The Morgan fingerprint density at radius 2 is 1.11 bits per heavy atom. The first kappa shape index (κ1) is 12.5. The Hall–Kier alpha value is -1.96. The number of hydrogen-bond donors (Lipinski definition) is 0. The largest absolute Gasteiger partial charge is 0.254 e. The van der Waals surface area contributed by atoms with Gasteiger partial charge in [0, 0.05) is 23.2 Å². The summed E-state index contributed by atoms with van der Waals surface area (Å²) in [5.74, 6) is 0. The molecule has 18 heavy (non-hydrogen) atoms. The normalized spacial score (nSPS) is 10.2. The molecule has 2 nitrogen and oxygen atoms in total. The first-order valence-electron chi connectivity index (χ1n) is 6.36. The summed E-state index contributed by atoms with van der Waals surface area (Å²) in [5.41, 5.74) is 4.34. The number of nitrogens with zero attached hydrogens (tertiary/aromatic N) is 2. The van der Waals surface area contributed by atoms with E-state index in [1.165, 1.54) is 11.1 Å². The first-order valence-corrected chi connectivity index (χ1v) is 6.36. The highest BCUT2D eigenvalue weighted by atomic mass is 14.7. The summed E-state index contributed by atoms with van der Waals surface area (Å²) >= 11 is 0. The molecule has 0 spiro atoms. The summed E-state index contributed by atoms with van der Waals surface area (Å²) in [5, 5.41) is 2.31. The zero-order valence-corrected chi connectivity index (χ0v) is 11.4. The fourth-order valence-corrected chi connectivity index (χ4v) is 2.01. The lowest BCUT2D eigenvalue weighted by atomic mass is 10.1. The van der Waals surface area contributed by atoms with Crippen LogP contribution in [0.3, 0.4) is 0 Å². The summed E-state index contributed by atoms with van der Waals surface area (Å²) in [4.78, 5) is 8.95. The van der Waals surface area contributed by atoms with Crippen LogP contribution < -0.4 is 0 Å². The Morgan fingerprint density at radius 3 is 1.50 bits per heavy atom. The van der Waals surface area contributed by atoms with Gasteiger partial charge < -0.3 is 0 Å². The number of hydrogen-bond acceptors (Lipinski definition) is 2. The van der Waals surface area contributed by atoms with Gasteiger partial charge in [0.15, 0.2) is 0 Å². The van der Waals surface area contributed by atoms with Crippen LogP contribution >= 0.6 is 0 Å². The van der Waals surface area contributed by atoms with E-state index in [4.69, 9.17) is 0 Å². The third kappa shape index (κ3) is 2.19. The van der Waals surface area contributed by atoms with Crippen molar-refractivity contribution in [1.29, 1.82) is 0 Å². The maximum atomic E-state index is 4.48. The predicted octanol–water partition coefficient (Wildman–Crippen LogP) is 4.43. The van der Waals surface area contributed by atoms with Gasteiger partial charge in [0.1, 0.15) is 0 Å². The molecule has 1 aromatic carbocycles. The molecule has 2 aromatic heterocycles. The van der Waals surface area contributed by atoms with E-state index in [0.29, 0.717) is 0 Å². The van der Waals surface area contributed by atoms with Gasteiger partial charge in [0.25, 0.3) is 0 Å². The van der Waals surface area contributed by atoms with Gasteiger partial charge in [0.05, 0.1) is 11.0 Å². The van der Waals surface area contributed by atoms with Crippen molar-refractivity contribution in [1.82, 2.24) is 9.97 Å². The molecule has 0 N–H and O–H groups in total. The lowest BCUT2D eigenvalue weighted by molar-refractivity contribution is 1.30. The van der Waals surface area contributed by atoms with Crippen LogP contribution in [-0.4, -0.2) is 9.97 Å². The van der Waals surface area contributed by atoms with Crippen LogP contribution in [-0.2, 0) is 0 Å². The smallest absolute Gasteiger partial charge is 0.0964 e. The molecule has 0 aliphatic rings. The second kappa shape index (κ2) is 5.13. The summed E-state index contributed by atoms with van der Waals surface area (Å²) < 4.78 is 0. The van der Waals surface area contributed by atoms with Crippen molar-refractivity contribution in [3.63, 3.8) is 0 Å². The molecule has 0 aliphatic carbocycles. The lowest BCUT2D eigenvalue weighted by Crippen LogP contribution is -1.87. The Bertz CT molecular complexity index is 626. The lowest BCUT2D eigenvalue weighted by Gasteiger charge is -2.03. The Morgan fingerprint density at radius 1 is 0.722 bits per heavy atom. The summed E-state index contributed by atoms with van der Waals surface area (Å²) in [6.45, 7) is 8.11. The van der Waals surface area contributed by atoms with Crippen LogP contribution in [0.2, 0.25) is 0 Å². The molecule has 0 aliphatic heterocycles. The highest BCUT2D eigenvalue weighted by molar-refractivity contribution is 6.02. The maximum absolute atomic E-state index is 4.48. The Kier molecular flexibility index (Phi) is 3.56. The van der Waals surface area contributed by atoms with Gasteiger partial charge >= 0.3 is 0 Å². The summed E-state index contributed by atoms with van der Waals surface area (Å²) in [6, 6.07) is 8.50. The van der Waals surface area contributed by atoms with Gasteiger partial charge in [-0.25, -0.2) is 0 Å². The molecule has 0 amide bonds.